The number of benzene rings is 1. The molecule has 0 spiro atoms. The smallest absolute Gasteiger partial charge is 0.228 e. The van der Waals surface area contributed by atoms with Crippen molar-refractivity contribution < 1.29 is 15.0 Å². The van der Waals surface area contributed by atoms with Crippen LogP contribution in [-0.4, -0.2) is 60.4 Å². The highest BCUT2D eigenvalue weighted by Crippen LogP contribution is 2.19. The van der Waals surface area contributed by atoms with Gasteiger partial charge in [-0.3, -0.25) is 4.79 Å². The molecule has 1 atom stereocenters. The first-order chi connectivity index (χ1) is 9.99. The van der Waals surface area contributed by atoms with Crippen LogP contribution in [0.4, 0.5) is 5.69 Å². The van der Waals surface area contributed by atoms with Gasteiger partial charge in [0.2, 0.25) is 5.91 Å². The minimum Gasteiger partial charge on any atom is -0.394 e. The highest BCUT2D eigenvalue weighted by Gasteiger charge is 2.16. The lowest BCUT2D eigenvalue weighted by molar-refractivity contribution is -0.118. The molecule has 0 bridgehead atoms. The first kappa shape index (κ1) is 17.6. The summed E-state index contributed by atoms with van der Waals surface area (Å²) in [5.74, 6) is 0.0668. The fourth-order valence-electron chi connectivity index (χ4n) is 2.28. The van der Waals surface area contributed by atoms with Crippen LogP contribution in [0.2, 0.25) is 0 Å². The average molecular weight is 294 g/mol. The largest absolute Gasteiger partial charge is 0.394 e. The number of nitrogens with zero attached hydrogens (tertiary/aromatic N) is 2. The minimum atomic E-state index is -0.760. The molecule has 21 heavy (non-hydrogen) atoms. The quantitative estimate of drug-likeness (QED) is 0.751. The molecule has 0 aromatic heterocycles. The first-order valence-electron chi connectivity index (χ1n) is 7.33. The van der Waals surface area contributed by atoms with Crippen LogP contribution in [0.25, 0.3) is 0 Å². The summed E-state index contributed by atoms with van der Waals surface area (Å²) in [7, 11) is 1.83. The standard InChI is InChI=1S/C16H26N2O3/c1-4-18(15-8-6-5-7-13(15)2)16(21)9-10-17(3)11-14(20)12-19/h5-8,14,19-20H,4,9-12H2,1-3H3/t14-/m0/s1. The zero-order chi connectivity index (χ0) is 15.8. The fraction of sp³-hybridized carbons (Fsp3) is 0.562. The zero-order valence-corrected chi connectivity index (χ0v) is 13.1. The number of aliphatic hydroxyl groups is 2. The molecule has 0 saturated carbocycles. The van der Waals surface area contributed by atoms with Gasteiger partial charge in [-0.25, -0.2) is 0 Å². The third-order valence-electron chi connectivity index (χ3n) is 3.46. The molecule has 118 valence electrons. The second-order valence-electron chi connectivity index (χ2n) is 5.27. The van der Waals surface area contributed by atoms with Gasteiger partial charge >= 0.3 is 0 Å². The van der Waals surface area contributed by atoms with E-state index in [4.69, 9.17) is 5.11 Å². The van der Waals surface area contributed by atoms with Gasteiger partial charge in [0, 0.05) is 31.7 Å². The van der Waals surface area contributed by atoms with Crippen molar-refractivity contribution in [1.29, 1.82) is 0 Å². The Labute approximate surface area is 126 Å². The Morgan fingerprint density at radius 1 is 1.33 bits per heavy atom. The Kier molecular flexibility index (Phi) is 7.36. The summed E-state index contributed by atoms with van der Waals surface area (Å²) in [4.78, 5) is 16.0. The summed E-state index contributed by atoms with van der Waals surface area (Å²) in [5, 5.41) is 18.2. The van der Waals surface area contributed by atoms with Gasteiger partial charge in [0.25, 0.3) is 0 Å². The molecular formula is C16H26N2O3. The van der Waals surface area contributed by atoms with E-state index in [0.29, 0.717) is 26.1 Å². The molecule has 1 aromatic rings. The maximum atomic E-state index is 12.4. The van der Waals surface area contributed by atoms with Gasteiger partial charge in [0.05, 0.1) is 12.7 Å². The predicted octanol–water partition coefficient (Wildman–Crippen LogP) is 1.02. The van der Waals surface area contributed by atoms with Crippen molar-refractivity contribution >= 4 is 11.6 Å². The lowest BCUT2D eigenvalue weighted by Gasteiger charge is -2.25. The average Bonchev–Trinajstić information content (AvgIpc) is 2.47. The topological polar surface area (TPSA) is 64.0 Å². The number of amides is 1. The van der Waals surface area contributed by atoms with Crippen molar-refractivity contribution in [3.63, 3.8) is 0 Å². The molecule has 0 radical (unpaired) electrons. The van der Waals surface area contributed by atoms with Crippen LogP contribution in [0.3, 0.4) is 0 Å². The van der Waals surface area contributed by atoms with Crippen LogP contribution >= 0.6 is 0 Å². The molecule has 1 rings (SSSR count). The lowest BCUT2D eigenvalue weighted by Crippen LogP contribution is -2.36. The molecule has 1 amide bonds. The first-order valence-corrected chi connectivity index (χ1v) is 7.33. The van der Waals surface area contributed by atoms with E-state index in [-0.39, 0.29) is 12.5 Å². The van der Waals surface area contributed by atoms with E-state index in [1.807, 2.05) is 50.1 Å². The summed E-state index contributed by atoms with van der Waals surface area (Å²) < 4.78 is 0. The highest BCUT2D eigenvalue weighted by molar-refractivity contribution is 5.94. The number of rotatable bonds is 8. The summed E-state index contributed by atoms with van der Waals surface area (Å²) in [6.07, 6.45) is -0.375. The van der Waals surface area contributed by atoms with Crippen LogP contribution in [0.15, 0.2) is 24.3 Å². The van der Waals surface area contributed by atoms with Crippen LogP contribution in [0.1, 0.15) is 18.9 Å². The van der Waals surface area contributed by atoms with Crippen molar-refractivity contribution in [2.75, 3.05) is 38.2 Å². The zero-order valence-electron chi connectivity index (χ0n) is 13.1. The highest BCUT2D eigenvalue weighted by atomic mass is 16.3. The van der Waals surface area contributed by atoms with Gasteiger partial charge in [-0.1, -0.05) is 18.2 Å². The number of anilines is 1. The Morgan fingerprint density at radius 2 is 2.00 bits per heavy atom. The summed E-state index contributed by atoms with van der Waals surface area (Å²) in [6, 6.07) is 7.84. The molecule has 0 aliphatic heterocycles. The van der Waals surface area contributed by atoms with Gasteiger partial charge in [-0.2, -0.15) is 0 Å². The molecule has 0 unspecified atom stereocenters. The number of aryl methyl sites for hydroxylation is 1. The number of para-hydroxylation sites is 1. The summed E-state index contributed by atoms with van der Waals surface area (Å²) in [6.45, 7) is 5.24. The van der Waals surface area contributed by atoms with Gasteiger partial charge in [-0.05, 0) is 32.5 Å². The number of carbonyl (C=O) groups excluding carboxylic acids is 1. The Hall–Kier alpha value is -1.43. The predicted molar refractivity (Wildman–Crippen MR) is 84.4 cm³/mol. The SMILES string of the molecule is CCN(C(=O)CCN(C)C[C@H](O)CO)c1ccccc1C. The lowest BCUT2D eigenvalue weighted by atomic mass is 10.1. The number of hydrogen-bond acceptors (Lipinski definition) is 4. The summed E-state index contributed by atoms with van der Waals surface area (Å²) >= 11 is 0. The number of likely N-dealkylation sites (N-methyl/N-ethyl adjacent to an activating group) is 1. The van der Waals surface area contributed by atoms with Crippen molar-refractivity contribution in [2.45, 2.75) is 26.4 Å². The maximum absolute atomic E-state index is 12.4. The van der Waals surface area contributed by atoms with Gasteiger partial charge < -0.3 is 20.0 Å². The van der Waals surface area contributed by atoms with Crippen molar-refractivity contribution in [3.05, 3.63) is 29.8 Å². The molecule has 2 N–H and O–H groups in total. The minimum absolute atomic E-state index is 0.0668. The molecule has 0 aliphatic rings. The van der Waals surface area contributed by atoms with Gasteiger partial charge in [-0.15, -0.1) is 0 Å². The molecular weight excluding hydrogens is 268 g/mol. The van der Waals surface area contributed by atoms with E-state index in [9.17, 15) is 9.90 Å². The van der Waals surface area contributed by atoms with Crippen LogP contribution in [0.5, 0.6) is 0 Å². The van der Waals surface area contributed by atoms with Crippen molar-refractivity contribution in [3.8, 4) is 0 Å². The van der Waals surface area contributed by atoms with Crippen LogP contribution < -0.4 is 4.90 Å². The maximum Gasteiger partial charge on any atom is 0.228 e. The van der Waals surface area contributed by atoms with E-state index >= 15 is 0 Å². The fourth-order valence-corrected chi connectivity index (χ4v) is 2.28. The molecule has 1 aromatic carbocycles. The van der Waals surface area contributed by atoms with Crippen LogP contribution in [0, 0.1) is 6.92 Å². The van der Waals surface area contributed by atoms with E-state index < -0.39 is 6.10 Å². The van der Waals surface area contributed by atoms with Crippen molar-refractivity contribution in [1.82, 2.24) is 4.90 Å². The monoisotopic (exact) mass is 294 g/mol. The van der Waals surface area contributed by atoms with E-state index in [1.54, 1.807) is 4.90 Å². The number of hydrogen-bond donors (Lipinski definition) is 2. The third-order valence-corrected chi connectivity index (χ3v) is 3.46. The molecule has 5 heteroatoms. The number of aliphatic hydroxyl groups excluding tert-OH is 2. The molecule has 0 saturated heterocycles. The number of carbonyl (C=O) groups is 1. The Balaban J connectivity index is 2.59. The van der Waals surface area contributed by atoms with E-state index in [2.05, 4.69) is 0 Å². The molecule has 0 heterocycles. The Morgan fingerprint density at radius 3 is 2.57 bits per heavy atom. The second-order valence-corrected chi connectivity index (χ2v) is 5.27. The van der Waals surface area contributed by atoms with E-state index in [0.717, 1.165) is 11.3 Å². The van der Waals surface area contributed by atoms with E-state index in [1.165, 1.54) is 0 Å². The van der Waals surface area contributed by atoms with Gasteiger partial charge in [0.1, 0.15) is 0 Å². The molecule has 0 aliphatic carbocycles. The molecule has 5 nitrogen and oxygen atoms in total. The van der Waals surface area contributed by atoms with Crippen LogP contribution in [-0.2, 0) is 4.79 Å². The third kappa shape index (κ3) is 5.46. The second kappa shape index (κ2) is 8.77. The normalized spacial score (nSPS) is 12.5. The Bertz CT molecular complexity index is 451. The van der Waals surface area contributed by atoms with Crippen molar-refractivity contribution in [2.24, 2.45) is 0 Å². The summed E-state index contributed by atoms with van der Waals surface area (Å²) in [5.41, 5.74) is 2.03. The molecule has 0 fully saturated rings. The van der Waals surface area contributed by atoms with Gasteiger partial charge in [0.15, 0.2) is 0 Å².